The van der Waals surface area contributed by atoms with Crippen LogP contribution >= 0.6 is 0 Å². The monoisotopic (exact) mass is 248 g/mol. The average Bonchev–Trinajstić information content (AvgIpc) is 2.29. The first-order valence-electron chi connectivity index (χ1n) is 6.96. The maximum atomic E-state index is 3.47. The van der Waals surface area contributed by atoms with Gasteiger partial charge in [0.15, 0.2) is 0 Å². The van der Waals surface area contributed by atoms with Gasteiger partial charge in [-0.1, -0.05) is 45.9 Å². The lowest BCUT2D eigenvalue weighted by molar-refractivity contribution is 0.588. The van der Waals surface area contributed by atoms with E-state index in [4.69, 9.17) is 0 Å². The summed E-state index contributed by atoms with van der Waals surface area (Å²) in [5.41, 5.74) is 4.44. The molecule has 0 radical (unpaired) electrons. The maximum absolute atomic E-state index is 3.47. The van der Waals surface area contributed by atoms with Gasteiger partial charge in [0.1, 0.15) is 0 Å². The maximum Gasteiger partial charge on any atom is 0.0208 e. The Morgan fingerprint density at radius 1 is 1.06 bits per heavy atom. The lowest BCUT2D eigenvalue weighted by atomic mass is 9.85. The Balaban J connectivity index is 2.53. The van der Waals surface area contributed by atoms with Crippen LogP contribution in [0.15, 0.2) is 18.2 Å². The third kappa shape index (κ3) is 4.79. The Morgan fingerprint density at radius 3 is 2.28 bits per heavy atom. The molecule has 1 aromatic rings. The molecule has 18 heavy (non-hydrogen) atoms. The summed E-state index contributed by atoms with van der Waals surface area (Å²) in [7, 11) is 0. The van der Waals surface area contributed by atoms with Crippen molar-refractivity contribution in [3.05, 3.63) is 34.9 Å². The molecular weight excluding hydrogens is 220 g/mol. The van der Waals surface area contributed by atoms with Gasteiger partial charge >= 0.3 is 0 Å². The van der Waals surface area contributed by atoms with Gasteiger partial charge in [0.05, 0.1) is 0 Å². The summed E-state index contributed by atoms with van der Waals surface area (Å²) in [5.74, 6) is 0. The predicted octanol–water partition coefficient (Wildman–Crippen LogP) is 2.99. The Morgan fingerprint density at radius 2 is 1.72 bits per heavy atom. The molecule has 0 atom stereocenters. The highest BCUT2D eigenvalue weighted by atomic mass is 14.9. The van der Waals surface area contributed by atoms with Gasteiger partial charge in [-0.25, -0.2) is 0 Å². The van der Waals surface area contributed by atoms with Crippen LogP contribution in [0, 0.1) is 6.92 Å². The fraction of sp³-hybridized carbons (Fsp3) is 0.625. The Labute approximate surface area is 112 Å². The van der Waals surface area contributed by atoms with Crippen LogP contribution in [-0.4, -0.2) is 19.6 Å². The van der Waals surface area contributed by atoms with Crippen molar-refractivity contribution >= 4 is 0 Å². The molecule has 2 heteroatoms. The molecule has 0 unspecified atom stereocenters. The van der Waals surface area contributed by atoms with E-state index in [-0.39, 0.29) is 5.41 Å². The van der Waals surface area contributed by atoms with Crippen molar-refractivity contribution in [2.24, 2.45) is 0 Å². The number of benzene rings is 1. The van der Waals surface area contributed by atoms with Crippen LogP contribution in [-0.2, 0) is 12.0 Å². The summed E-state index contributed by atoms with van der Waals surface area (Å²) >= 11 is 0. The van der Waals surface area contributed by atoms with E-state index in [1.165, 1.54) is 16.7 Å². The zero-order valence-electron chi connectivity index (χ0n) is 12.6. The van der Waals surface area contributed by atoms with Gasteiger partial charge in [0.25, 0.3) is 0 Å². The second kappa shape index (κ2) is 6.91. The average molecular weight is 248 g/mol. The summed E-state index contributed by atoms with van der Waals surface area (Å²) < 4.78 is 0. The standard InChI is InChI=1S/C16H28N2/c1-6-17-9-10-18-12-14-7-8-15(11-13(14)2)16(3,4)5/h7-8,11,17-18H,6,9-10,12H2,1-5H3. The fourth-order valence-electron chi connectivity index (χ4n) is 1.94. The molecule has 0 spiro atoms. The number of hydrogen-bond acceptors (Lipinski definition) is 2. The van der Waals surface area contributed by atoms with Gasteiger partial charge in [-0.05, 0) is 35.6 Å². The first-order valence-corrected chi connectivity index (χ1v) is 6.96. The van der Waals surface area contributed by atoms with Crippen molar-refractivity contribution in [1.29, 1.82) is 0 Å². The summed E-state index contributed by atoms with van der Waals surface area (Å²) in [4.78, 5) is 0. The van der Waals surface area contributed by atoms with E-state index < -0.39 is 0 Å². The summed E-state index contributed by atoms with van der Waals surface area (Å²) in [5, 5.41) is 6.79. The third-order valence-electron chi connectivity index (χ3n) is 3.25. The van der Waals surface area contributed by atoms with Gasteiger partial charge in [-0.2, -0.15) is 0 Å². The Kier molecular flexibility index (Phi) is 5.83. The van der Waals surface area contributed by atoms with Gasteiger partial charge in [0.2, 0.25) is 0 Å². The number of aryl methyl sites for hydroxylation is 1. The molecule has 1 aromatic carbocycles. The fourth-order valence-corrected chi connectivity index (χ4v) is 1.94. The van der Waals surface area contributed by atoms with Crippen molar-refractivity contribution in [3.63, 3.8) is 0 Å². The minimum absolute atomic E-state index is 0.238. The van der Waals surface area contributed by atoms with Gasteiger partial charge in [0, 0.05) is 19.6 Å². The van der Waals surface area contributed by atoms with Crippen LogP contribution in [0.25, 0.3) is 0 Å². The zero-order valence-corrected chi connectivity index (χ0v) is 12.6. The molecular formula is C16H28N2. The summed E-state index contributed by atoms with van der Waals surface area (Å²) in [6, 6.07) is 6.84. The van der Waals surface area contributed by atoms with E-state index in [9.17, 15) is 0 Å². The minimum Gasteiger partial charge on any atom is -0.316 e. The molecule has 0 amide bonds. The van der Waals surface area contributed by atoms with Gasteiger partial charge < -0.3 is 10.6 Å². The zero-order chi connectivity index (χ0) is 13.6. The van der Waals surface area contributed by atoms with E-state index in [1.54, 1.807) is 0 Å². The van der Waals surface area contributed by atoms with Crippen molar-refractivity contribution in [2.75, 3.05) is 19.6 Å². The Bertz CT molecular complexity index is 364. The normalized spacial score (nSPS) is 11.8. The highest BCUT2D eigenvalue weighted by Gasteiger charge is 2.14. The third-order valence-corrected chi connectivity index (χ3v) is 3.25. The molecule has 0 aliphatic rings. The van der Waals surface area contributed by atoms with Crippen LogP contribution < -0.4 is 10.6 Å². The van der Waals surface area contributed by atoms with E-state index >= 15 is 0 Å². The van der Waals surface area contributed by atoms with Crippen molar-refractivity contribution in [3.8, 4) is 0 Å². The Hall–Kier alpha value is -0.860. The number of likely N-dealkylation sites (N-methyl/N-ethyl adjacent to an activating group) is 1. The molecule has 0 fully saturated rings. The van der Waals surface area contributed by atoms with E-state index in [0.29, 0.717) is 0 Å². The molecule has 0 aliphatic carbocycles. The highest BCUT2D eigenvalue weighted by Crippen LogP contribution is 2.24. The first-order chi connectivity index (χ1) is 8.45. The molecule has 0 bridgehead atoms. The number of nitrogens with one attached hydrogen (secondary N) is 2. The van der Waals surface area contributed by atoms with E-state index in [2.05, 4.69) is 63.5 Å². The smallest absolute Gasteiger partial charge is 0.0208 e. The van der Waals surface area contributed by atoms with E-state index in [1.807, 2.05) is 0 Å². The lowest BCUT2D eigenvalue weighted by Crippen LogP contribution is -2.27. The molecule has 0 saturated carbocycles. The summed E-state index contributed by atoms with van der Waals surface area (Å²) in [6.07, 6.45) is 0. The molecule has 2 N–H and O–H groups in total. The minimum atomic E-state index is 0.238. The molecule has 0 heterocycles. The van der Waals surface area contributed by atoms with E-state index in [0.717, 1.165) is 26.2 Å². The first kappa shape index (κ1) is 15.2. The predicted molar refractivity (Wildman–Crippen MR) is 80.1 cm³/mol. The number of rotatable bonds is 6. The van der Waals surface area contributed by atoms with Crippen molar-refractivity contribution in [1.82, 2.24) is 10.6 Å². The van der Waals surface area contributed by atoms with Crippen LogP contribution in [0.4, 0.5) is 0 Å². The molecule has 2 nitrogen and oxygen atoms in total. The molecule has 0 saturated heterocycles. The molecule has 0 aromatic heterocycles. The summed E-state index contributed by atoms with van der Waals surface area (Å²) in [6.45, 7) is 15.2. The van der Waals surface area contributed by atoms with Gasteiger partial charge in [-0.3, -0.25) is 0 Å². The van der Waals surface area contributed by atoms with Crippen LogP contribution in [0.1, 0.15) is 44.4 Å². The van der Waals surface area contributed by atoms with Gasteiger partial charge in [-0.15, -0.1) is 0 Å². The van der Waals surface area contributed by atoms with Crippen LogP contribution in [0.2, 0.25) is 0 Å². The molecule has 1 rings (SSSR count). The van der Waals surface area contributed by atoms with Crippen molar-refractivity contribution in [2.45, 2.75) is 46.6 Å². The molecule has 102 valence electrons. The molecule has 0 aliphatic heterocycles. The quantitative estimate of drug-likeness (QED) is 0.756. The number of hydrogen-bond donors (Lipinski definition) is 2. The largest absolute Gasteiger partial charge is 0.316 e. The second-order valence-corrected chi connectivity index (χ2v) is 5.92. The lowest BCUT2D eigenvalue weighted by Gasteiger charge is -2.20. The topological polar surface area (TPSA) is 24.1 Å². The second-order valence-electron chi connectivity index (χ2n) is 5.92. The highest BCUT2D eigenvalue weighted by molar-refractivity contribution is 5.34. The van der Waals surface area contributed by atoms with Crippen LogP contribution in [0.5, 0.6) is 0 Å². The SMILES string of the molecule is CCNCCNCc1ccc(C(C)(C)C)cc1C. The van der Waals surface area contributed by atoms with Crippen molar-refractivity contribution < 1.29 is 0 Å². The van der Waals surface area contributed by atoms with Crippen LogP contribution in [0.3, 0.4) is 0 Å².